The van der Waals surface area contributed by atoms with Gasteiger partial charge in [0.25, 0.3) is 0 Å². The average molecular weight is 177 g/mol. The highest BCUT2D eigenvalue weighted by Crippen LogP contribution is 2.25. The summed E-state index contributed by atoms with van der Waals surface area (Å²) in [6.07, 6.45) is 5.04. The summed E-state index contributed by atoms with van der Waals surface area (Å²) in [5, 5.41) is 0. The summed E-state index contributed by atoms with van der Waals surface area (Å²) in [6.45, 7) is 0.242. The Morgan fingerprint density at radius 2 is 2.31 bits per heavy atom. The van der Waals surface area contributed by atoms with Crippen LogP contribution in [0.5, 0.6) is 11.5 Å². The Morgan fingerprint density at radius 3 is 2.85 bits per heavy atom. The molecule has 0 bridgehead atoms. The van der Waals surface area contributed by atoms with Crippen LogP contribution in [-0.2, 0) is 0 Å². The van der Waals surface area contributed by atoms with Gasteiger partial charge in [-0.15, -0.1) is 6.42 Å². The van der Waals surface area contributed by atoms with Crippen molar-refractivity contribution in [3.8, 4) is 23.8 Å². The molecule has 13 heavy (non-hydrogen) atoms. The molecule has 0 aliphatic carbocycles. The van der Waals surface area contributed by atoms with Gasteiger partial charge >= 0.3 is 0 Å². The number of rotatable bonds is 3. The van der Waals surface area contributed by atoms with Crippen LogP contribution in [0.15, 0.2) is 18.2 Å². The maximum atomic E-state index is 5.65. The van der Waals surface area contributed by atoms with Crippen LogP contribution >= 0.6 is 0 Å². The predicted octanol–water partition coefficient (Wildman–Crippen LogP) is 1.29. The number of ether oxygens (including phenoxy) is 2. The fraction of sp³-hybridized carbons (Fsp3) is 0.200. The Morgan fingerprint density at radius 1 is 1.54 bits per heavy atom. The second-order valence-corrected chi connectivity index (χ2v) is 2.40. The largest absolute Gasteiger partial charge is 0.495 e. The molecule has 0 fully saturated rings. The topological polar surface area (TPSA) is 44.5 Å². The van der Waals surface area contributed by atoms with E-state index in [0.717, 1.165) is 0 Å². The molecule has 1 aromatic rings. The van der Waals surface area contributed by atoms with Crippen LogP contribution in [0.25, 0.3) is 0 Å². The molecule has 2 N–H and O–H groups in total. The minimum Gasteiger partial charge on any atom is -0.495 e. The van der Waals surface area contributed by atoms with Crippen LogP contribution in [0.1, 0.15) is 0 Å². The first kappa shape index (κ1) is 9.27. The first-order chi connectivity index (χ1) is 6.27. The van der Waals surface area contributed by atoms with Crippen molar-refractivity contribution in [2.75, 3.05) is 19.5 Å². The van der Waals surface area contributed by atoms with Gasteiger partial charge in [0.2, 0.25) is 0 Å². The smallest absolute Gasteiger partial charge is 0.148 e. The van der Waals surface area contributed by atoms with Crippen molar-refractivity contribution in [1.29, 1.82) is 0 Å². The number of nitrogen functional groups attached to an aromatic ring is 1. The standard InChI is InChI=1S/C10H11NO2/c1-3-6-13-8-4-5-10(12-2)9(11)7-8/h1,4-5,7H,6,11H2,2H3. The van der Waals surface area contributed by atoms with Crippen molar-refractivity contribution in [1.82, 2.24) is 0 Å². The Hall–Kier alpha value is -1.82. The van der Waals surface area contributed by atoms with Crippen molar-refractivity contribution < 1.29 is 9.47 Å². The summed E-state index contributed by atoms with van der Waals surface area (Å²) < 4.78 is 10.1. The highest BCUT2D eigenvalue weighted by Gasteiger charge is 2.00. The van der Waals surface area contributed by atoms with E-state index >= 15 is 0 Å². The fourth-order valence-corrected chi connectivity index (χ4v) is 0.927. The predicted molar refractivity (Wildman–Crippen MR) is 51.7 cm³/mol. The number of nitrogens with two attached hydrogens (primary N) is 1. The number of hydrogen-bond donors (Lipinski definition) is 1. The lowest BCUT2D eigenvalue weighted by Crippen LogP contribution is -1.96. The summed E-state index contributed by atoms with van der Waals surface area (Å²) in [5.41, 5.74) is 6.19. The van der Waals surface area contributed by atoms with Gasteiger partial charge in [0.05, 0.1) is 12.8 Å². The van der Waals surface area contributed by atoms with E-state index in [1.54, 1.807) is 25.3 Å². The van der Waals surface area contributed by atoms with Gasteiger partial charge in [-0.1, -0.05) is 5.92 Å². The van der Waals surface area contributed by atoms with Gasteiger partial charge in [0, 0.05) is 6.07 Å². The molecule has 0 aliphatic rings. The zero-order valence-electron chi connectivity index (χ0n) is 7.41. The summed E-state index contributed by atoms with van der Waals surface area (Å²) >= 11 is 0. The minimum absolute atomic E-state index is 0.242. The number of benzene rings is 1. The van der Waals surface area contributed by atoms with E-state index in [1.807, 2.05) is 0 Å². The van der Waals surface area contributed by atoms with E-state index in [-0.39, 0.29) is 6.61 Å². The maximum absolute atomic E-state index is 5.65. The lowest BCUT2D eigenvalue weighted by atomic mass is 10.3. The number of methoxy groups -OCH3 is 1. The van der Waals surface area contributed by atoms with Crippen LogP contribution in [0.4, 0.5) is 5.69 Å². The van der Waals surface area contributed by atoms with E-state index in [2.05, 4.69) is 5.92 Å². The second kappa shape index (κ2) is 4.27. The first-order valence-corrected chi connectivity index (χ1v) is 3.77. The lowest BCUT2D eigenvalue weighted by Gasteiger charge is -2.06. The van der Waals surface area contributed by atoms with Gasteiger partial charge in [-0.25, -0.2) is 0 Å². The first-order valence-electron chi connectivity index (χ1n) is 3.77. The molecule has 1 rings (SSSR count). The van der Waals surface area contributed by atoms with Crippen LogP contribution in [-0.4, -0.2) is 13.7 Å². The van der Waals surface area contributed by atoms with E-state index < -0.39 is 0 Å². The Labute approximate surface area is 77.5 Å². The number of terminal acetylenes is 1. The minimum atomic E-state index is 0.242. The zero-order valence-corrected chi connectivity index (χ0v) is 7.41. The molecule has 3 heteroatoms. The molecule has 0 heterocycles. The third-order valence-electron chi connectivity index (χ3n) is 1.52. The maximum Gasteiger partial charge on any atom is 0.148 e. The molecular formula is C10H11NO2. The van der Waals surface area contributed by atoms with Gasteiger partial charge < -0.3 is 15.2 Å². The molecule has 1 aromatic carbocycles. The van der Waals surface area contributed by atoms with Gasteiger partial charge in [-0.2, -0.15) is 0 Å². The molecule has 0 radical (unpaired) electrons. The fourth-order valence-electron chi connectivity index (χ4n) is 0.927. The van der Waals surface area contributed by atoms with Crippen molar-refractivity contribution in [3.05, 3.63) is 18.2 Å². The van der Waals surface area contributed by atoms with Gasteiger partial charge in [0.1, 0.15) is 18.1 Å². The van der Waals surface area contributed by atoms with Crippen LogP contribution < -0.4 is 15.2 Å². The monoisotopic (exact) mass is 177 g/mol. The van der Waals surface area contributed by atoms with E-state index in [1.165, 1.54) is 0 Å². The van der Waals surface area contributed by atoms with Crippen molar-refractivity contribution in [2.45, 2.75) is 0 Å². The molecule has 0 aliphatic heterocycles. The van der Waals surface area contributed by atoms with E-state index in [9.17, 15) is 0 Å². The van der Waals surface area contributed by atoms with Crippen molar-refractivity contribution in [3.63, 3.8) is 0 Å². The molecule has 0 saturated heterocycles. The number of anilines is 1. The molecule has 3 nitrogen and oxygen atoms in total. The molecule has 0 aromatic heterocycles. The molecule has 0 saturated carbocycles. The Kier molecular flexibility index (Phi) is 3.04. The van der Waals surface area contributed by atoms with E-state index in [4.69, 9.17) is 21.6 Å². The molecule has 68 valence electrons. The Balaban J connectivity index is 2.78. The molecular weight excluding hydrogens is 166 g/mol. The molecule has 0 spiro atoms. The molecule has 0 unspecified atom stereocenters. The summed E-state index contributed by atoms with van der Waals surface area (Å²) in [4.78, 5) is 0. The molecule has 0 atom stereocenters. The van der Waals surface area contributed by atoms with Crippen LogP contribution in [0, 0.1) is 12.3 Å². The third-order valence-corrected chi connectivity index (χ3v) is 1.52. The highest BCUT2D eigenvalue weighted by atomic mass is 16.5. The SMILES string of the molecule is C#CCOc1ccc(OC)c(N)c1. The van der Waals surface area contributed by atoms with Gasteiger partial charge in [0.15, 0.2) is 0 Å². The quantitative estimate of drug-likeness (QED) is 0.559. The molecule has 0 amide bonds. The highest BCUT2D eigenvalue weighted by molar-refractivity contribution is 5.56. The van der Waals surface area contributed by atoms with Crippen molar-refractivity contribution >= 4 is 5.69 Å². The van der Waals surface area contributed by atoms with Gasteiger partial charge in [-0.05, 0) is 12.1 Å². The van der Waals surface area contributed by atoms with Crippen LogP contribution in [0.3, 0.4) is 0 Å². The second-order valence-electron chi connectivity index (χ2n) is 2.40. The van der Waals surface area contributed by atoms with E-state index in [0.29, 0.717) is 17.2 Å². The average Bonchev–Trinajstić information content (AvgIpc) is 2.15. The summed E-state index contributed by atoms with van der Waals surface area (Å²) in [7, 11) is 1.56. The number of hydrogen-bond acceptors (Lipinski definition) is 3. The van der Waals surface area contributed by atoms with Crippen LogP contribution in [0.2, 0.25) is 0 Å². The third kappa shape index (κ3) is 2.31. The normalized spacial score (nSPS) is 8.92. The lowest BCUT2D eigenvalue weighted by molar-refractivity contribution is 0.368. The Bertz CT molecular complexity index is 328. The summed E-state index contributed by atoms with van der Waals surface area (Å²) in [6, 6.07) is 5.17. The van der Waals surface area contributed by atoms with Crippen molar-refractivity contribution in [2.24, 2.45) is 0 Å². The summed E-state index contributed by atoms with van der Waals surface area (Å²) in [5.74, 6) is 3.65. The van der Waals surface area contributed by atoms with Gasteiger partial charge in [-0.3, -0.25) is 0 Å². The zero-order chi connectivity index (χ0) is 9.68.